The first-order valence-corrected chi connectivity index (χ1v) is 10.5. The van der Waals surface area contributed by atoms with Crippen LogP contribution in [0.5, 0.6) is 0 Å². The number of thioether (sulfide) groups is 1. The molecule has 3 N–H and O–H groups in total. The molecule has 1 aliphatic rings. The van der Waals surface area contributed by atoms with Crippen LogP contribution in [0.25, 0.3) is 0 Å². The number of nitrogens with two attached hydrogens (primary N) is 1. The first-order valence-electron chi connectivity index (χ1n) is 9.08. The van der Waals surface area contributed by atoms with Crippen LogP contribution in [0.3, 0.4) is 0 Å². The number of primary amides is 1. The Morgan fingerprint density at radius 3 is 2.46 bits per heavy atom. The molecule has 2 amide bonds. The van der Waals surface area contributed by atoms with E-state index in [0.717, 1.165) is 25.9 Å². The third kappa shape index (κ3) is 6.79. The molecule has 152 valence electrons. The molecule has 1 saturated heterocycles. The van der Waals surface area contributed by atoms with Crippen LogP contribution >= 0.6 is 24.0 Å². The number of ether oxygens (including phenoxy) is 1. The van der Waals surface area contributed by atoms with Crippen LogP contribution in [-0.4, -0.2) is 52.0 Å². The maximum Gasteiger partial charge on any atom is 0.317 e. The first kappa shape index (κ1) is 22.2. The van der Waals surface area contributed by atoms with E-state index in [-0.39, 0.29) is 5.75 Å². The van der Waals surface area contributed by atoms with Gasteiger partial charge in [-0.3, -0.25) is 14.4 Å². The summed E-state index contributed by atoms with van der Waals surface area (Å²) in [5.41, 5.74) is 5.99. The number of rotatable bonds is 6. The van der Waals surface area contributed by atoms with E-state index in [1.165, 1.54) is 30.8 Å². The predicted octanol–water partition coefficient (Wildman–Crippen LogP) is 2.41. The molecule has 0 radical (unpaired) electrons. The van der Waals surface area contributed by atoms with Gasteiger partial charge in [-0.15, -0.1) is 0 Å². The molecule has 1 aromatic carbocycles. The molecule has 1 heterocycles. The molecule has 0 spiro atoms. The number of likely N-dealkylation sites (tertiary alicyclic amines) is 1. The third-order valence-corrected chi connectivity index (χ3v) is 5.97. The van der Waals surface area contributed by atoms with Crippen molar-refractivity contribution in [2.45, 2.75) is 32.8 Å². The van der Waals surface area contributed by atoms with Crippen molar-refractivity contribution in [3.63, 3.8) is 0 Å². The fourth-order valence-corrected chi connectivity index (χ4v) is 3.68. The fraction of sp³-hybridized carbons (Fsp3) is 0.474. The highest BCUT2D eigenvalue weighted by Gasteiger charge is 2.21. The molecular formula is C19H25N3O4S2. The van der Waals surface area contributed by atoms with Gasteiger partial charge < -0.3 is 20.7 Å². The van der Waals surface area contributed by atoms with E-state index in [1.807, 2.05) is 0 Å². The lowest BCUT2D eigenvalue weighted by Crippen LogP contribution is -2.36. The molecule has 2 rings (SSSR count). The lowest BCUT2D eigenvalue weighted by molar-refractivity contribution is -0.150. The second-order valence-electron chi connectivity index (χ2n) is 6.79. The Balaban J connectivity index is 1.74. The standard InChI is InChI=1S/C19H25N3O4S2/c1-12-7-9-22(10-8-12)19(27)28-11-16(23)26-13(2)18(25)21-15-5-3-14(4-6-15)17(20)24/h3-6,12-13H,7-11H2,1-2H3,(H2,20,24)(H,21,25). The minimum Gasteiger partial charge on any atom is -0.452 e. The van der Waals surface area contributed by atoms with Gasteiger partial charge in [0.2, 0.25) is 5.91 Å². The van der Waals surface area contributed by atoms with E-state index in [2.05, 4.69) is 17.1 Å². The zero-order valence-corrected chi connectivity index (χ0v) is 17.6. The number of carbonyl (C=O) groups excluding carboxylic acids is 3. The van der Waals surface area contributed by atoms with Crippen molar-refractivity contribution in [1.82, 2.24) is 4.90 Å². The largest absolute Gasteiger partial charge is 0.452 e. The van der Waals surface area contributed by atoms with E-state index >= 15 is 0 Å². The summed E-state index contributed by atoms with van der Waals surface area (Å²) in [5.74, 6) is -0.729. The van der Waals surface area contributed by atoms with Crippen LogP contribution in [0.15, 0.2) is 24.3 Å². The Kier molecular flexibility index (Phi) is 8.25. The summed E-state index contributed by atoms with van der Waals surface area (Å²) in [6.45, 7) is 5.55. The lowest BCUT2D eigenvalue weighted by Gasteiger charge is -2.31. The molecule has 1 atom stereocenters. The highest BCUT2D eigenvalue weighted by Crippen LogP contribution is 2.20. The SMILES string of the molecule is CC1CCN(C(=S)SCC(=O)OC(C)C(=O)Nc2ccc(C(N)=O)cc2)CC1. The van der Waals surface area contributed by atoms with Gasteiger partial charge in [0, 0.05) is 24.3 Å². The Hall–Kier alpha value is -2.13. The van der Waals surface area contributed by atoms with Crippen molar-refractivity contribution in [1.29, 1.82) is 0 Å². The van der Waals surface area contributed by atoms with Gasteiger partial charge in [-0.2, -0.15) is 0 Å². The van der Waals surface area contributed by atoms with Crippen LogP contribution in [-0.2, 0) is 14.3 Å². The Morgan fingerprint density at radius 2 is 1.89 bits per heavy atom. The average Bonchev–Trinajstić information content (AvgIpc) is 2.67. The molecular weight excluding hydrogens is 398 g/mol. The zero-order valence-electron chi connectivity index (χ0n) is 16.0. The van der Waals surface area contributed by atoms with Gasteiger partial charge >= 0.3 is 5.97 Å². The number of esters is 1. The summed E-state index contributed by atoms with van der Waals surface area (Å²) in [6.07, 6.45) is 1.25. The monoisotopic (exact) mass is 423 g/mol. The second kappa shape index (κ2) is 10.4. The van der Waals surface area contributed by atoms with Gasteiger partial charge in [-0.25, -0.2) is 0 Å². The molecule has 1 aliphatic heterocycles. The van der Waals surface area contributed by atoms with Crippen molar-refractivity contribution in [2.24, 2.45) is 11.7 Å². The number of carbonyl (C=O) groups is 3. The average molecular weight is 424 g/mol. The van der Waals surface area contributed by atoms with Gasteiger partial charge in [0.05, 0.1) is 5.75 Å². The summed E-state index contributed by atoms with van der Waals surface area (Å²) >= 11 is 6.64. The number of piperidine rings is 1. The highest BCUT2D eigenvalue weighted by molar-refractivity contribution is 8.23. The minimum absolute atomic E-state index is 0.0653. The lowest BCUT2D eigenvalue weighted by atomic mass is 10.00. The fourth-order valence-electron chi connectivity index (χ4n) is 2.65. The number of hydrogen-bond donors (Lipinski definition) is 2. The van der Waals surface area contributed by atoms with Crippen LogP contribution in [0, 0.1) is 5.92 Å². The molecule has 9 heteroatoms. The maximum absolute atomic E-state index is 12.2. The third-order valence-electron chi connectivity index (χ3n) is 4.47. The normalized spacial score (nSPS) is 15.6. The summed E-state index contributed by atoms with van der Waals surface area (Å²) in [7, 11) is 0. The van der Waals surface area contributed by atoms with Crippen LogP contribution in [0.1, 0.15) is 37.0 Å². The summed E-state index contributed by atoms with van der Waals surface area (Å²) in [4.78, 5) is 37.3. The number of benzene rings is 1. The van der Waals surface area contributed by atoms with Crippen molar-refractivity contribution < 1.29 is 19.1 Å². The zero-order chi connectivity index (χ0) is 20.7. The molecule has 1 aromatic rings. The summed E-state index contributed by atoms with van der Waals surface area (Å²) in [5, 5.41) is 2.62. The Bertz CT molecular complexity index is 731. The summed E-state index contributed by atoms with van der Waals surface area (Å²) in [6, 6.07) is 6.13. The van der Waals surface area contributed by atoms with Gasteiger partial charge in [-0.05, 0) is 49.9 Å². The van der Waals surface area contributed by atoms with Gasteiger partial charge in [0.25, 0.3) is 5.91 Å². The molecule has 0 bridgehead atoms. The highest BCUT2D eigenvalue weighted by atomic mass is 32.2. The maximum atomic E-state index is 12.2. The van der Waals surface area contributed by atoms with Crippen molar-refractivity contribution in [3.05, 3.63) is 29.8 Å². The first-order chi connectivity index (χ1) is 13.3. The van der Waals surface area contributed by atoms with Crippen molar-refractivity contribution >= 4 is 51.8 Å². The van der Waals surface area contributed by atoms with Crippen LogP contribution in [0.4, 0.5) is 5.69 Å². The molecule has 1 fully saturated rings. The van der Waals surface area contributed by atoms with Crippen LogP contribution < -0.4 is 11.1 Å². The van der Waals surface area contributed by atoms with E-state index in [4.69, 9.17) is 22.7 Å². The van der Waals surface area contributed by atoms with Crippen molar-refractivity contribution in [2.75, 3.05) is 24.2 Å². The molecule has 0 saturated carbocycles. The Labute approximate surface area is 174 Å². The number of anilines is 1. The molecule has 7 nitrogen and oxygen atoms in total. The van der Waals surface area contributed by atoms with E-state index in [0.29, 0.717) is 21.5 Å². The number of amides is 2. The Morgan fingerprint density at radius 1 is 1.29 bits per heavy atom. The predicted molar refractivity (Wildman–Crippen MR) is 114 cm³/mol. The van der Waals surface area contributed by atoms with Gasteiger partial charge in [0.1, 0.15) is 4.32 Å². The topological polar surface area (TPSA) is 102 Å². The molecule has 0 aromatic heterocycles. The summed E-state index contributed by atoms with van der Waals surface area (Å²) < 4.78 is 5.87. The smallest absolute Gasteiger partial charge is 0.317 e. The van der Waals surface area contributed by atoms with E-state index < -0.39 is 23.9 Å². The van der Waals surface area contributed by atoms with Gasteiger partial charge in [-0.1, -0.05) is 30.9 Å². The van der Waals surface area contributed by atoms with E-state index in [1.54, 1.807) is 12.1 Å². The molecule has 0 aliphatic carbocycles. The number of nitrogens with one attached hydrogen (secondary N) is 1. The van der Waals surface area contributed by atoms with Crippen molar-refractivity contribution in [3.8, 4) is 0 Å². The van der Waals surface area contributed by atoms with E-state index in [9.17, 15) is 14.4 Å². The minimum atomic E-state index is -0.951. The second-order valence-corrected chi connectivity index (χ2v) is 8.40. The number of thiocarbonyl (C=S) groups is 1. The number of nitrogens with zero attached hydrogens (tertiary/aromatic N) is 1. The van der Waals surface area contributed by atoms with Crippen LogP contribution in [0.2, 0.25) is 0 Å². The van der Waals surface area contributed by atoms with Gasteiger partial charge in [0.15, 0.2) is 6.10 Å². The number of hydrogen-bond acceptors (Lipinski definition) is 6. The molecule has 28 heavy (non-hydrogen) atoms. The molecule has 1 unspecified atom stereocenters. The quantitative estimate of drug-likeness (QED) is 0.535.